The van der Waals surface area contributed by atoms with Crippen LogP contribution >= 0.6 is 0 Å². The number of carbonyl (C=O) groups excluding carboxylic acids is 6. The summed E-state index contributed by atoms with van der Waals surface area (Å²) in [6.07, 6.45) is 16.4. The fourth-order valence-corrected chi connectivity index (χ4v) is 16.7. The molecule has 0 amide bonds. The minimum atomic E-state index is -1.17. The van der Waals surface area contributed by atoms with Crippen molar-refractivity contribution >= 4 is 35.1 Å². The lowest BCUT2D eigenvalue weighted by atomic mass is 9.38. The molecule has 0 aromatic carbocycles. The number of carbonyl (C=O) groups is 6. The lowest BCUT2D eigenvalue weighted by Crippen LogP contribution is -2.70. The van der Waals surface area contributed by atoms with E-state index in [-0.39, 0.29) is 51.9 Å². The maximum Gasteiger partial charge on any atom is 0.303 e. The molecule has 1 spiro atoms. The first-order chi connectivity index (χ1) is 29.3. The molecule has 1 aromatic heterocycles. The zero-order valence-corrected chi connectivity index (χ0v) is 38.8. The lowest BCUT2D eigenvalue weighted by Gasteiger charge is -2.64. The molecule has 14 unspecified atom stereocenters. The summed E-state index contributed by atoms with van der Waals surface area (Å²) in [5.41, 5.74) is -1.91. The topological polar surface area (TPSA) is 167 Å². The van der Waals surface area contributed by atoms with Crippen LogP contribution in [0.4, 0.5) is 0 Å². The Morgan fingerprint density at radius 2 is 1.59 bits per heavy atom. The van der Waals surface area contributed by atoms with Gasteiger partial charge in [0.05, 0.1) is 29.5 Å². The molecule has 14 atom stereocenters. The van der Waals surface area contributed by atoms with Crippen molar-refractivity contribution in [3.63, 3.8) is 0 Å². The van der Waals surface area contributed by atoms with E-state index >= 15 is 0 Å². The van der Waals surface area contributed by atoms with E-state index in [4.69, 9.17) is 18.6 Å². The number of furan rings is 1. The van der Waals surface area contributed by atoms with E-state index in [2.05, 4.69) is 33.8 Å². The second kappa shape index (κ2) is 13.6. The third-order valence-corrected chi connectivity index (χ3v) is 19.2. The van der Waals surface area contributed by atoms with Crippen molar-refractivity contribution in [3.05, 3.63) is 70.9 Å². The molecule has 1 N–H and O–H groups in total. The van der Waals surface area contributed by atoms with Gasteiger partial charge in [-0.25, -0.2) is 0 Å². The average Bonchev–Trinajstić information content (AvgIpc) is 3.41. The molecule has 1 aliphatic heterocycles. The zero-order chi connectivity index (χ0) is 45.8. The Morgan fingerprint density at radius 1 is 0.889 bits per heavy atom. The molecule has 10 rings (SSSR count). The largest absolute Gasteiger partial charge is 0.504 e. The van der Waals surface area contributed by atoms with Gasteiger partial charge in [-0.2, -0.15) is 0 Å². The quantitative estimate of drug-likeness (QED) is 0.227. The molecule has 0 bridgehead atoms. The van der Waals surface area contributed by atoms with E-state index in [1.54, 1.807) is 45.4 Å². The number of rotatable bonds is 4. The number of aliphatic hydroxyl groups excluding tert-OH is 1. The molecule has 4 saturated carbocycles. The average molecular weight is 865 g/mol. The minimum Gasteiger partial charge on any atom is -0.504 e. The van der Waals surface area contributed by atoms with E-state index < -0.39 is 56.6 Å². The number of allylic oxidation sites excluding steroid dienone is 8. The van der Waals surface area contributed by atoms with Crippen molar-refractivity contribution < 1.29 is 52.5 Å². The molecule has 1 saturated heterocycles. The summed E-state index contributed by atoms with van der Waals surface area (Å²) in [4.78, 5) is 76.4. The summed E-state index contributed by atoms with van der Waals surface area (Å²) >= 11 is 0. The van der Waals surface area contributed by atoms with Gasteiger partial charge in [0.1, 0.15) is 11.7 Å². The van der Waals surface area contributed by atoms with Gasteiger partial charge in [0.2, 0.25) is 5.78 Å². The van der Waals surface area contributed by atoms with Crippen LogP contribution < -0.4 is 0 Å². The molecule has 11 nitrogen and oxygen atoms in total. The number of ether oxygens (including phenoxy) is 3. The third-order valence-electron chi connectivity index (χ3n) is 19.2. The minimum absolute atomic E-state index is 0.0160. The summed E-state index contributed by atoms with van der Waals surface area (Å²) in [6.45, 7) is 20.4. The summed E-state index contributed by atoms with van der Waals surface area (Å²) in [5, 5.41) is 11.5. The first-order valence-electron chi connectivity index (χ1n) is 23.1. The van der Waals surface area contributed by atoms with Crippen molar-refractivity contribution in [2.24, 2.45) is 56.2 Å². The Bertz CT molecular complexity index is 2380. The van der Waals surface area contributed by atoms with Gasteiger partial charge < -0.3 is 23.7 Å². The van der Waals surface area contributed by atoms with E-state index in [1.165, 1.54) is 25.0 Å². The molecular weight excluding hydrogens is 801 g/mol. The van der Waals surface area contributed by atoms with Crippen LogP contribution in [-0.2, 0) is 43.0 Å². The van der Waals surface area contributed by atoms with Crippen molar-refractivity contribution in [1.29, 1.82) is 0 Å². The first kappa shape index (κ1) is 43.9. The normalized spacial score (nSPS) is 46.0. The highest BCUT2D eigenvalue weighted by Crippen LogP contribution is 2.81. The SMILES string of the molecule is CC(=O)OC1(C(C)=O)CCC2C3C=C(C)C4=CC(=O)CCC4(C)C3CCC21C.CC(=O)OC1CC2(C)C(c3ccoc3)CC3OC32C2(C)C(=O)C(O)=C3C(C)(C)C(=O)C=CC3(C)C12. The molecular formula is C52H64O11. The van der Waals surface area contributed by atoms with Crippen LogP contribution in [0.2, 0.25) is 0 Å². The van der Waals surface area contributed by atoms with Crippen molar-refractivity contribution in [3.8, 4) is 0 Å². The molecule has 0 radical (unpaired) electrons. The fraction of sp³-hybridized carbons (Fsp3) is 0.654. The van der Waals surface area contributed by atoms with Crippen molar-refractivity contribution in [1.82, 2.24) is 0 Å². The molecule has 9 aliphatic rings. The van der Waals surface area contributed by atoms with Crippen LogP contribution in [-0.4, -0.2) is 63.6 Å². The van der Waals surface area contributed by atoms with Gasteiger partial charge in [0, 0.05) is 42.4 Å². The van der Waals surface area contributed by atoms with Crippen LogP contribution in [0.15, 0.2) is 69.8 Å². The van der Waals surface area contributed by atoms with Gasteiger partial charge in [-0.1, -0.05) is 45.4 Å². The number of hydrogen-bond donors (Lipinski definition) is 1. The third kappa shape index (κ3) is 5.34. The van der Waals surface area contributed by atoms with Gasteiger partial charge in [0.15, 0.2) is 28.7 Å². The van der Waals surface area contributed by atoms with E-state index in [1.807, 2.05) is 26.0 Å². The van der Waals surface area contributed by atoms with Crippen LogP contribution in [0.5, 0.6) is 0 Å². The molecule has 11 heteroatoms. The van der Waals surface area contributed by atoms with Crippen LogP contribution in [0.25, 0.3) is 0 Å². The van der Waals surface area contributed by atoms with Crippen LogP contribution in [0, 0.1) is 56.2 Å². The first-order valence-corrected chi connectivity index (χ1v) is 23.1. The Morgan fingerprint density at radius 3 is 2.22 bits per heavy atom. The Labute approximate surface area is 370 Å². The summed E-state index contributed by atoms with van der Waals surface area (Å²) in [5.74, 6) is -0.807. The van der Waals surface area contributed by atoms with Gasteiger partial charge in [-0.15, -0.1) is 0 Å². The monoisotopic (exact) mass is 864 g/mol. The van der Waals surface area contributed by atoms with Gasteiger partial charge >= 0.3 is 11.9 Å². The number of hydrogen-bond acceptors (Lipinski definition) is 11. The molecule has 338 valence electrons. The number of aliphatic hydroxyl groups is 1. The number of ketones is 4. The lowest BCUT2D eigenvalue weighted by molar-refractivity contribution is -0.200. The molecule has 5 fully saturated rings. The van der Waals surface area contributed by atoms with Crippen LogP contribution in [0.3, 0.4) is 0 Å². The maximum atomic E-state index is 14.3. The predicted molar refractivity (Wildman–Crippen MR) is 231 cm³/mol. The standard InChI is InChI=1S/C28H32O7.C24H32O4/c1-14(29)34-17-12-26(5)16(15-8-10-33-13-15)11-19-28(26,35-19)27(6)21(17)25(4)9-7-18(30)24(2,3)22(25)20(31)23(27)32;1-14-12-18-19(22(4)9-6-17(27)13-21(14)22)7-10-23(5)20(18)8-11-24(23,15(2)25)28-16(3)26/h7-10,13,16-17,19,21,31H,11-12H2,1-6H3;12-13,18-20H,6-11H2,1-5H3. The maximum absolute atomic E-state index is 14.3. The predicted octanol–water partition coefficient (Wildman–Crippen LogP) is 9.01. The molecule has 63 heavy (non-hydrogen) atoms. The summed E-state index contributed by atoms with van der Waals surface area (Å²) < 4.78 is 23.7. The second-order valence-electron chi connectivity index (χ2n) is 22.3. The Balaban J connectivity index is 0.000000164. The fourth-order valence-electron chi connectivity index (χ4n) is 16.7. The van der Waals surface area contributed by atoms with Crippen molar-refractivity contribution in [2.45, 2.75) is 157 Å². The highest BCUT2D eigenvalue weighted by Gasteiger charge is 2.89. The molecule has 2 heterocycles. The smallest absolute Gasteiger partial charge is 0.303 e. The van der Waals surface area contributed by atoms with Gasteiger partial charge in [0.25, 0.3) is 0 Å². The number of Topliss-reactive ketones (excluding diaryl/α,β-unsaturated/α-hetero) is 2. The van der Waals surface area contributed by atoms with Gasteiger partial charge in [-0.05, 0) is 144 Å². The highest BCUT2D eigenvalue weighted by atomic mass is 16.6. The number of esters is 2. The summed E-state index contributed by atoms with van der Waals surface area (Å²) in [7, 11) is 0. The molecule has 8 aliphatic carbocycles. The molecule has 1 aromatic rings. The number of fused-ring (bicyclic) bond motifs is 8. The van der Waals surface area contributed by atoms with Gasteiger partial charge in [-0.3, -0.25) is 28.8 Å². The Hall–Kier alpha value is -4.38. The number of epoxide rings is 1. The zero-order valence-electron chi connectivity index (χ0n) is 38.8. The van der Waals surface area contributed by atoms with E-state index in [0.29, 0.717) is 49.0 Å². The highest BCUT2D eigenvalue weighted by molar-refractivity contribution is 6.06. The summed E-state index contributed by atoms with van der Waals surface area (Å²) in [6, 6.07) is 1.95. The van der Waals surface area contributed by atoms with Crippen LogP contribution in [0.1, 0.15) is 139 Å². The van der Waals surface area contributed by atoms with E-state index in [9.17, 15) is 33.9 Å². The Kier molecular flexibility index (Phi) is 9.45. The van der Waals surface area contributed by atoms with E-state index in [0.717, 1.165) is 31.2 Å². The second-order valence-corrected chi connectivity index (χ2v) is 22.3. The van der Waals surface area contributed by atoms with Crippen molar-refractivity contribution in [2.75, 3.05) is 0 Å².